The van der Waals surface area contributed by atoms with Gasteiger partial charge in [0.15, 0.2) is 0 Å². The Kier molecular flexibility index (Phi) is 1.74. The van der Waals surface area contributed by atoms with Gasteiger partial charge in [0.2, 0.25) is 9.84 Å². The van der Waals surface area contributed by atoms with Crippen molar-refractivity contribution >= 4 is 9.84 Å². The zero-order chi connectivity index (χ0) is 11.3. The molecule has 0 radical (unpaired) electrons. The van der Waals surface area contributed by atoms with E-state index in [1.807, 2.05) is 0 Å². The fraction of sp³-hybridized carbons (Fsp3) is 0. The summed E-state index contributed by atoms with van der Waals surface area (Å²) in [4.78, 5) is -0.00806. The summed E-state index contributed by atoms with van der Waals surface area (Å²) in [5.74, 6) is -0.686. The Balaban J connectivity index is 2.55. The molecule has 0 N–H and O–H groups in total. The molecular formula is C12H7FO2S. The summed E-state index contributed by atoms with van der Waals surface area (Å²) in [6, 6.07) is 10.9. The van der Waals surface area contributed by atoms with Crippen LogP contribution in [0.1, 0.15) is 0 Å². The van der Waals surface area contributed by atoms with Crippen LogP contribution in [0.5, 0.6) is 0 Å². The highest BCUT2D eigenvalue weighted by Crippen LogP contribution is 2.43. The molecule has 0 saturated carbocycles. The molecule has 1 aliphatic rings. The Bertz CT molecular complexity index is 690. The number of rotatable bonds is 0. The second-order valence-electron chi connectivity index (χ2n) is 3.62. The number of benzene rings is 2. The third-order valence-electron chi connectivity index (χ3n) is 2.70. The van der Waals surface area contributed by atoms with Crippen LogP contribution in [0.2, 0.25) is 0 Å². The van der Waals surface area contributed by atoms with Crippen molar-refractivity contribution in [3.63, 3.8) is 0 Å². The molecule has 2 nitrogen and oxygen atoms in total. The van der Waals surface area contributed by atoms with E-state index >= 15 is 0 Å². The number of fused-ring (bicyclic) bond motifs is 3. The van der Waals surface area contributed by atoms with Gasteiger partial charge in [-0.3, -0.25) is 0 Å². The molecule has 80 valence electrons. The van der Waals surface area contributed by atoms with E-state index in [2.05, 4.69) is 0 Å². The van der Waals surface area contributed by atoms with Crippen LogP contribution < -0.4 is 0 Å². The fourth-order valence-corrected chi connectivity index (χ4v) is 3.76. The van der Waals surface area contributed by atoms with Gasteiger partial charge >= 0.3 is 0 Å². The molecule has 0 aliphatic carbocycles. The Morgan fingerprint density at radius 1 is 0.875 bits per heavy atom. The van der Waals surface area contributed by atoms with E-state index in [0.29, 0.717) is 11.1 Å². The van der Waals surface area contributed by atoms with Gasteiger partial charge in [-0.1, -0.05) is 30.3 Å². The lowest BCUT2D eigenvalue weighted by molar-refractivity contribution is 0.571. The SMILES string of the molecule is O=S1(=O)c2ccccc2-c2cccc(F)c21. The maximum absolute atomic E-state index is 13.6. The molecule has 1 aliphatic heterocycles. The molecule has 3 rings (SSSR count). The summed E-state index contributed by atoms with van der Waals surface area (Å²) in [6.45, 7) is 0. The Morgan fingerprint density at radius 3 is 2.38 bits per heavy atom. The molecule has 0 fully saturated rings. The second-order valence-corrected chi connectivity index (χ2v) is 5.47. The van der Waals surface area contributed by atoms with Crippen molar-refractivity contribution < 1.29 is 12.8 Å². The molecule has 2 aromatic rings. The van der Waals surface area contributed by atoms with E-state index in [1.54, 1.807) is 24.3 Å². The minimum Gasteiger partial charge on any atom is -0.218 e. The summed E-state index contributed by atoms with van der Waals surface area (Å²) in [5.41, 5.74) is 1.03. The molecule has 4 heteroatoms. The van der Waals surface area contributed by atoms with Gasteiger partial charge < -0.3 is 0 Å². The first-order valence-electron chi connectivity index (χ1n) is 4.75. The van der Waals surface area contributed by atoms with Gasteiger partial charge in [0.05, 0.1) is 4.90 Å². The summed E-state index contributed by atoms with van der Waals surface area (Å²) < 4.78 is 37.7. The van der Waals surface area contributed by atoms with Crippen molar-refractivity contribution in [1.29, 1.82) is 0 Å². The van der Waals surface area contributed by atoms with E-state index in [-0.39, 0.29) is 9.79 Å². The van der Waals surface area contributed by atoms with Crippen molar-refractivity contribution in [3.8, 4) is 11.1 Å². The number of hydrogen-bond donors (Lipinski definition) is 0. The summed E-state index contributed by atoms with van der Waals surface area (Å²) in [5, 5.41) is 0. The monoisotopic (exact) mass is 234 g/mol. The molecule has 0 amide bonds. The predicted molar refractivity (Wildman–Crippen MR) is 57.3 cm³/mol. The van der Waals surface area contributed by atoms with E-state index in [4.69, 9.17) is 0 Å². The first-order chi connectivity index (χ1) is 7.62. The van der Waals surface area contributed by atoms with E-state index in [1.165, 1.54) is 18.2 Å². The zero-order valence-electron chi connectivity index (χ0n) is 8.14. The summed E-state index contributed by atoms with van der Waals surface area (Å²) in [7, 11) is -3.67. The van der Waals surface area contributed by atoms with Crippen LogP contribution in [0.15, 0.2) is 52.3 Å². The van der Waals surface area contributed by atoms with Gasteiger partial charge in [-0.2, -0.15) is 0 Å². The maximum Gasteiger partial charge on any atom is 0.210 e. The van der Waals surface area contributed by atoms with Gasteiger partial charge in [0, 0.05) is 11.1 Å². The van der Waals surface area contributed by atoms with Crippen LogP contribution in [0.25, 0.3) is 11.1 Å². The minimum atomic E-state index is -3.67. The van der Waals surface area contributed by atoms with Crippen LogP contribution in [0.3, 0.4) is 0 Å². The topological polar surface area (TPSA) is 34.1 Å². The van der Waals surface area contributed by atoms with Gasteiger partial charge in [-0.05, 0) is 12.1 Å². The molecule has 0 aromatic heterocycles. The van der Waals surface area contributed by atoms with Gasteiger partial charge in [-0.25, -0.2) is 12.8 Å². The lowest BCUT2D eigenvalue weighted by atomic mass is 10.1. The molecule has 0 spiro atoms. The van der Waals surface area contributed by atoms with Crippen LogP contribution in [0.4, 0.5) is 4.39 Å². The first-order valence-corrected chi connectivity index (χ1v) is 6.24. The van der Waals surface area contributed by atoms with E-state index in [0.717, 1.165) is 0 Å². The van der Waals surface area contributed by atoms with E-state index in [9.17, 15) is 12.8 Å². The lowest BCUT2D eigenvalue weighted by Gasteiger charge is -1.98. The zero-order valence-corrected chi connectivity index (χ0v) is 8.96. The Labute approximate surface area is 92.3 Å². The molecule has 0 bridgehead atoms. The van der Waals surface area contributed by atoms with Crippen molar-refractivity contribution in [2.45, 2.75) is 9.79 Å². The molecule has 0 saturated heterocycles. The number of hydrogen-bond acceptors (Lipinski definition) is 2. The summed E-state index contributed by atoms with van der Waals surface area (Å²) in [6.07, 6.45) is 0. The molecule has 0 atom stereocenters. The third kappa shape index (κ3) is 1.02. The molecule has 0 unspecified atom stereocenters. The third-order valence-corrected chi connectivity index (χ3v) is 4.59. The largest absolute Gasteiger partial charge is 0.218 e. The molecule has 2 aromatic carbocycles. The van der Waals surface area contributed by atoms with Gasteiger partial charge in [-0.15, -0.1) is 0 Å². The Hall–Kier alpha value is -1.68. The van der Waals surface area contributed by atoms with E-state index < -0.39 is 15.7 Å². The van der Waals surface area contributed by atoms with Crippen molar-refractivity contribution in [2.75, 3.05) is 0 Å². The quantitative estimate of drug-likeness (QED) is 0.599. The van der Waals surface area contributed by atoms with Crippen molar-refractivity contribution in [3.05, 3.63) is 48.3 Å². The van der Waals surface area contributed by atoms with Crippen LogP contribution in [0, 0.1) is 5.82 Å². The van der Waals surface area contributed by atoms with Gasteiger partial charge in [0.1, 0.15) is 10.7 Å². The molecule has 16 heavy (non-hydrogen) atoms. The van der Waals surface area contributed by atoms with Crippen molar-refractivity contribution in [2.24, 2.45) is 0 Å². The highest BCUT2D eigenvalue weighted by atomic mass is 32.2. The smallest absolute Gasteiger partial charge is 0.210 e. The predicted octanol–water partition coefficient (Wildman–Crippen LogP) is 2.64. The normalized spacial score (nSPS) is 15.6. The molecular weight excluding hydrogens is 227 g/mol. The highest BCUT2D eigenvalue weighted by Gasteiger charge is 2.34. The first kappa shape index (κ1) is 9.54. The molecule has 1 heterocycles. The van der Waals surface area contributed by atoms with Crippen LogP contribution in [-0.2, 0) is 9.84 Å². The number of sulfone groups is 1. The summed E-state index contributed by atoms with van der Waals surface area (Å²) >= 11 is 0. The highest BCUT2D eigenvalue weighted by molar-refractivity contribution is 7.92. The van der Waals surface area contributed by atoms with Crippen molar-refractivity contribution in [1.82, 2.24) is 0 Å². The maximum atomic E-state index is 13.6. The number of halogens is 1. The second kappa shape index (κ2) is 2.92. The van der Waals surface area contributed by atoms with Crippen LogP contribution >= 0.6 is 0 Å². The minimum absolute atomic E-state index is 0.190. The van der Waals surface area contributed by atoms with Gasteiger partial charge in [0.25, 0.3) is 0 Å². The standard InChI is InChI=1S/C12H7FO2S/c13-10-6-3-5-9-8-4-1-2-7-11(8)16(14,15)12(9)10/h1-7H. The Morgan fingerprint density at radius 2 is 1.56 bits per heavy atom. The van der Waals surface area contributed by atoms with Crippen LogP contribution in [-0.4, -0.2) is 8.42 Å². The fourth-order valence-electron chi connectivity index (χ4n) is 2.03. The lowest BCUT2D eigenvalue weighted by Crippen LogP contribution is -1.99. The average Bonchev–Trinajstić information content (AvgIpc) is 2.50. The average molecular weight is 234 g/mol.